The molecule has 96 valence electrons. The molecule has 4 heteroatoms. The zero-order valence-electron chi connectivity index (χ0n) is 10.5. The van der Waals surface area contributed by atoms with Crippen molar-refractivity contribution in [2.75, 3.05) is 12.4 Å². The Kier molecular flexibility index (Phi) is 3.09. The molecular formula is C15H13NO2S. The highest BCUT2D eigenvalue weighted by Gasteiger charge is 2.24. The fourth-order valence-electron chi connectivity index (χ4n) is 2.21. The van der Waals surface area contributed by atoms with Crippen molar-refractivity contribution in [3.63, 3.8) is 0 Å². The predicted molar refractivity (Wildman–Crippen MR) is 77.0 cm³/mol. The van der Waals surface area contributed by atoms with E-state index in [1.165, 1.54) is 7.11 Å². The molecule has 2 heterocycles. The number of carbonyl (C=O) groups excluding carboxylic acids is 1. The second-order valence-corrected chi connectivity index (χ2v) is 5.23. The van der Waals surface area contributed by atoms with Crippen molar-refractivity contribution >= 4 is 28.7 Å². The fraction of sp³-hybridized carbons (Fsp3) is 0.133. The van der Waals surface area contributed by atoms with Gasteiger partial charge in [0, 0.05) is 12.1 Å². The van der Waals surface area contributed by atoms with Crippen LogP contribution in [0.15, 0.2) is 47.4 Å². The number of carbonyl (C=O) groups is 1. The second-order valence-electron chi connectivity index (χ2n) is 4.28. The quantitative estimate of drug-likeness (QED) is 0.852. The first-order valence-electron chi connectivity index (χ1n) is 6.00. The van der Waals surface area contributed by atoms with Crippen LogP contribution in [0.4, 0.5) is 5.69 Å². The van der Waals surface area contributed by atoms with Crippen molar-refractivity contribution in [3.8, 4) is 0 Å². The maximum Gasteiger partial charge on any atom is 0.336 e. The number of anilines is 1. The molecule has 3 rings (SSSR count). The fourth-order valence-corrected chi connectivity index (χ4v) is 2.97. The van der Waals surface area contributed by atoms with Gasteiger partial charge in [0.2, 0.25) is 0 Å². The minimum absolute atomic E-state index is 0.273. The van der Waals surface area contributed by atoms with E-state index >= 15 is 0 Å². The Bertz CT molecular complexity index is 644. The average Bonchev–Trinajstić information content (AvgIpc) is 2.99. The zero-order chi connectivity index (χ0) is 13.2. The molecule has 1 aliphatic rings. The Labute approximate surface area is 115 Å². The molecule has 0 atom stereocenters. The van der Waals surface area contributed by atoms with Crippen LogP contribution in [0.5, 0.6) is 0 Å². The molecule has 19 heavy (non-hydrogen) atoms. The summed E-state index contributed by atoms with van der Waals surface area (Å²) in [4.78, 5) is 13.0. The second kappa shape index (κ2) is 4.90. The third kappa shape index (κ3) is 2.15. The monoisotopic (exact) mass is 271 g/mol. The Hall–Kier alpha value is -2.07. The van der Waals surface area contributed by atoms with E-state index in [-0.39, 0.29) is 5.97 Å². The van der Waals surface area contributed by atoms with Crippen LogP contribution in [0.25, 0.3) is 5.70 Å². The molecule has 1 aromatic heterocycles. The number of ether oxygens (including phenoxy) is 1. The Morgan fingerprint density at radius 2 is 2.11 bits per heavy atom. The van der Waals surface area contributed by atoms with E-state index in [1.807, 2.05) is 41.8 Å². The highest BCUT2D eigenvalue weighted by molar-refractivity contribution is 7.11. The first-order valence-corrected chi connectivity index (χ1v) is 6.88. The minimum Gasteiger partial charge on any atom is -0.466 e. The van der Waals surface area contributed by atoms with Crippen molar-refractivity contribution in [3.05, 3.63) is 57.8 Å². The first kappa shape index (κ1) is 12.0. The van der Waals surface area contributed by atoms with Gasteiger partial charge < -0.3 is 10.1 Å². The summed E-state index contributed by atoms with van der Waals surface area (Å²) in [6, 6.07) is 12.0. The molecular weight excluding hydrogens is 258 g/mol. The van der Waals surface area contributed by atoms with Gasteiger partial charge in [-0.1, -0.05) is 24.3 Å². The van der Waals surface area contributed by atoms with Crippen LogP contribution in [0.1, 0.15) is 10.4 Å². The van der Waals surface area contributed by atoms with E-state index < -0.39 is 0 Å². The molecule has 0 fully saturated rings. The molecule has 1 aliphatic heterocycles. The van der Waals surface area contributed by atoms with Crippen LogP contribution in [0.3, 0.4) is 0 Å². The highest BCUT2D eigenvalue weighted by Crippen LogP contribution is 2.34. The Morgan fingerprint density at radius 3 is 2.84 bits per heavy atom. The Morgan fingerprint density at radius 1 is 1.26 bits per heavy atom. The number of esters is 1. The van der Waals surface area contributed by atoms with Crippen molar-refractivity contribution in [1.82, 2.24) is 0 Å². The topological polar surface area (TPSA) is 38.3 Å². The molecule has 0 saturated carbocycles. The summed E-state index contributed by atoms with van der Waals surface area (Å²) in [5.41, 5.74) is 3.71. The van der Waals surface area contributed by atoms with Gasteiger partial charge in [-0.05, 0) is 23.1 Å². The van der Waals surface area contributed by atoms with Crippen molar-refractivity contribution in [1.29, 1.82) is 0 Å². The molecule has 1 N–H and O–H groups in total. The van der Waals surface area contributed by atoms with Gasteiger partial charge in [-0.2, -0.15) is 0 Å². The molecule has 0 radical (unpaired) electrons. The van der Waals surface area contributed by atoms with Gasteiger partial charge in [-0.3, -0.25) is 0 Å². The summed E-state index contributed by atoms with van der Waals surface area (Å²) in [7, 11) is 1.42. The lowest BCUT2D eigenvalue weighted by molar-refractivity contribution is -0.136. The number of fused-ring (bicyclic) bond motifs is 1. The van der Waals surface area contributed by atoms with E-state index in [2.05, 4.69) is 5.32 Å². The molecule has 0 spiro atoms. The van der Waals surface area contributed by atoms with Crippen LogP contribution in [0, 0.1) is 0 Å². The molecule has 1 aromatic carbocycles. The molecule has 0 bridgehead atoms. The van der Waals surface area contributed by atoms with Gasteiger partial charge in [-0.15, -0.1) is 11.3 Å². The normalized spacial score (nSPS) is 13.7. The zero-order valence-corrected chi connectivity index (χ0v) is 11.3. The maximum atomic E-state index is 12.0. The Balaban J connectivity index is 2.10. The molecule has 0 aliphatic carbocycles. The molecule has 0 amide bonds. The van der Waals surface area contributed by atoms with E-state index in [9.17, 15) is 4.79 Å². The smallest absolute Gasteiger partial charge is 0.336 e. The van der Waals surface area contributed by atoms with E-state index in [0.717, 1.165) is 21.8 Å². The van der Waals surface area contributed by atoms with Crippen molar-refractivity contribution in [2.24, 2.45) is 0 Å². The van der Waals surface area contributed by atoms with Gasteiger partial charge in [-0.25, -0.2) is 4.79 Å². The van der Waals surface area contributed by atoms with Crippen LogP contribution in [0.2, 0.25) is 0 Å². The standard InChI is InChI=1S/C15H13NO2S/c1-18-15(17)11-9-10-5-2-3-6-12(10)16-14(11)13-7-4-8-19-13/h2-8,16H,9H2,1H3. The number of nitrogens with one attached hydrogen (secondary N) is 1. The van der Waals surface area contributed by atoms with Crippen LogP contribution in [-0.4, -0.2) is 13.1 Å². The number of benzene rings is 1. The predicted octanol–water partition coefficient (Wildman–Crippen LogP) is 3.30. The lowest BCUT2D eigenvalue weighted by atomic mass is 9.97. The number of hydrogen-bond acceptors (Lipinski definition) is 4. The summed E-state index contributed by atoms with van der Waals surface area (Å²) < 4.78 is 4.90. The van der Waals surface area contributed by atoms with Crippen LogP contribution < -0.4 is 5.32 Å². The summed E-state index contributed by atoms with van der Waals surface area (Å²) in [5.74, 6) is -0.273. The van der Waals surface area contributed by atoms with Crippen molar-refractivity contribution in [2.45, 2.75) is 6.42 Å². The number of rotatable bonds is 2. The lowest BCUT2D eigenvalue weighted by Crippen LogP contribution is -2.18. The average molecular weight is 271 g/mol. The van der Waals surface area contributed by atoms with Crippen molar-refractivity contribution < 1.29 is 9.53 Å². The number of thiophene rings is 1. The number of methoxy groups -OCH3 is 1. The number of para-hydroxylation sites is 1. The van der Waals surface area contributed by atoms with E-state index in [4.69, 9.17) is 4.74 Å². The third-order valence-corrected chi connectivity index (χ3v) is 4.03. The summed E-state index contributed by atoms with van der Waals surface area (Å²) in [6.45, 7) is 0. The van der Waals surface area contributed by atoms with E-state index in [1.54, 1.807) is 11.3 Å². The summed E-state index contributed by atoms with van der Waals surface area (Å²) >= 11 is 1.61. The molecule has 0 saturated heterocycles. The summed E-state index contributed by atoms with van der Waals surface area (Å²) in [5, 5.41) is 5.35. The molecule has 2 aromatic rings. The van der Waals surface area contributed by atoms with Crippen LogP contribution >= 0.6 is 11.3 Å². The SMILES string of the molecule is COC(=O)C1=C(c2cccs2)Nc2ccccc2C1. The van der Waals surface area contributed by atoms with Gasteiger partial charge >= 0.3 is 5.97 Å². The first-order chi connectivity index (χ1) is 9.29. The van der Waals surface area contributed by atoms with Crippen LogP contribution in [-0.2, 0) is 16.0 Å². The molecule has 3 nitrogen and oxygen atoms in total. The lowest BCUT2D eigenvalue weighted by Gasteiger charge is -2.22. The number of hydrogen-bond donors (Lipinski definition) is 1. The maximum absolute atomic E-state index is 12.0. The molecule has 0 unspecified atom stereocenters. The summed E-state index contributed by atoms with van der Waals surface area (Å²) in [6.07, 6.45) is 0.600. The van der Waals surface area contributed by atoms with Gasteiger partial charge in [0.15, 0.2) is 0 Å². The van der Waals surface area contributed by atoms with E-state index in [0.29, 0.717) is 12.0 Å². The largest absolute Gasteiger partial charge is 0.466 e. The van der Waals surface area contributed by atoms with Gasteiger partial charge in [0.25, 0.3) is 0 Å². The van der Waals surface area contributed by atoms with Gasteiger partial charge in [0.05, 0.1) is 23.3 Å². The highest BCUT2D eigenvalue weighted by atomic mass is 32.1. The van der Waals surface area contributed by atoms with Gasteiger partial charge in [0.1, 0.15) is 0 Å². The minimum atomic E-state index is -0.273. The third-order valence-electron chi connectivity index (χ3n) is 3.15.